The van der Waals surface area contributed by atoms with Gasteiger partial charge in [0.1, 0.15) is 5.25 Å². The van der Waals surface area contributed by atoms with Crippen LogP contribution in [0.3, 0.4) is 0 Å². The molecule has 2 aromatic rings. The fraction of sp³-hybridized carbons (Fsp3) is 0.333. The van der Waals surface area contributed by atoms with Gasteiger partial charge in [-0.15, -0.1) is 0 Å². The number of rotatable bonds is 6. The van der Waals surface area contributed by atoms with Gasteiger partial charge < -0.3 is 0 Å². The van der Waals surface area contributed by atoms with Gasteiger partial charge in [0.05, 0.1) is 12.6 Å². The zero-order chi connectivity index (χ0) is 17.9. The van der Waals surface area contributed by atoms with Crippen molar-refractivity contribution in [3.8, 4) is 0 Å². The van der Waals surface area contributed by atoms with E-state index >= 15 is 0 Å². The van der Waals surface area contributed by atoms with Crippen LogP contribution in [0.2, 0.25) is 5.02 Å². The van der Waals surface area contributed by atoms with E-state index in [2.05, 4.69) is 4.72 Å². The summed E-state index contributed by atoms with van der Waals surface area (Å²) in [6, 6.07) is 16.6. The van der Waals surface area contributed by atoms with Gasteiger partial charge in [0.15, 0.2) is 0 Å². The van der Waals surface area contributed by atoms with Crippen LogP contribution in [0.25, 0.3) is 0 Å². The minimum Gasteiger partial charge on any atom is -0.297 e. The van der Waals surface area contributed by atoms with Gasteiger partial charge in [0.25, 0.3) is 0 Å². The first-order valence-electron chi connectivity index (χ1n) is 8.11. The number of hydrogen-bond donors (Lipinski definition) is 1. The predicted octanol–water partition coefficient (Wildman–Crippen LogP) is 2.79. The van der Waals surface area contributed by atoms with E-state index in [0.29, 0.717) is 18.0 Å². The second kappa shape index (κ2) is 7.85. The van der Waals surface area contributed by atoms with Crippen LogP contribution < -0.4 is 4.72 Å². The SMILES string of the molecule is CN1OCC(S(=O)(=O)NCCc2ccccc2)C1c1ccccc1Cl. The summed E-state index contributed by atoms with van der Waals surface area (Å²) in [5.41, 5.74) is 1.84. The lowest BCUT2D eigenvalue weighted by atomic mass is 10.0. The molecule has 1 aliphatic heterocycles. The quantitative estimate of drug-likeness (QED) is 0.837. The molecular formula is C18H21ClN2O3S. The number of sulfonamides is 1. The van der Waals surface area contributed by atoms with E-state index in [1.54, 1.807) is 18.2 Å². The van der Waals surface area contributed by atoms with Crippen molar-refractivity contribution < 1.29 is 13.3 Å². The van der Waals surface area contributed by atoms with Gasteiger partial charge in [-0.3, -0.25) is 4.84 Å². The zero-order valence-electron chi connectivity index (χ0n) is 13.9. The largest absolute Gasteiger partial charge is 0.297 e. The van der Waals surface area contributed by atoms with Crippen molar-refractivity contribution in [3.05, 3.63) is 70.7 Å². The Morgan fingerprint density at radius 3 is 2.56 bits per heavy atom. The van der Waals surface area contributed by atoms with Crippen LogP contribution in [-0.2, 0) is 21.3 Å². The first-order chi connectivity index (χ1) is 12.0. The van der Waals surface area contributed by atoms with E-state index in [-0.39, 0.29) is 6.61 Å². The molecule has 25 heavy (non-hydrogen) atoms. The third-order valence-corrected chi connectivity index (χ3v) is 6.51. The molecule has 7 heteroatoms. The summed E-state index contributed by atoms with van der Waals surface area (Å²) in [7, 11) is -1.82. The van der Waals surface area contributed by atoms with E-state index in [1.807, 2.05) is 48.5 Å². The maximum atomic E-state index is 12.8. The van der Waals surface area contributed by atoms with Crippen molar-refractivity contribution in [1.29, 1.82) is 0 Å². The molecular weight excluding hydrogens is 360 g/mol. The number of hydrogen-bond acceptors (Lipinski definition) is 4. The third kappa shape index (κ3) is 4.22. The predicted molar refractivity (Wildman–Crippen MR) is 98.8 cm³/mol. The Bertz CT molecular complexity index is 814. The molecule has 0 aromatic heterocycles. The summed E-state index contributed by atoms with van der Waals surface area (Å²) in [5, 5.41) is 1.39. The Morgan fingerprint density at radius 1 is 1.16 bits per heavy atom. The van der Waals surface area contributed by atoms with Crippen LogP contribution in [0.5, 0.6) is 0 Å². The fourth-order valence-corrected chi connectivity index (χ4v) is 4.80. The molecule has 0 radical (unpaired) electrons. The highest BCUT2D eigenvalue weighted by Crippen LogP contribution is 2.36. The maximum absolute atomic E-state index is 12.8. The molecule has 0 aliphatic carbocycles. The molecule has 2 aromatic carbocycles. The summed E-state index contributed by atoms with van der Waals surface area (Å²) in [6.07, 6.45) is 0.639. The monoisotopic (exact) mass is 380 g/mol. The van der Waals surface area contributed by atoms with Crippen LogP contribution >= 0.6 is 11.6 Å². The second-order valence-electron chi connectivity index (χ2n) is 6.02. The number of nitrogens with zero attached hydrogens (tertiary/aromatic N) is 1. The summed E-state index contributed by atoms with van der Waals surface area (Å²) in [6.45, 7) is 0.453. The Balaban J connectivity index is 1.73. The lowest BCUT2D eigenvalue weighted by Gasteiger charge is -2.24. The molecule has 3 rings (SSSR count). The average Bonchev–Trinajstić information content (AvgIpc) is 2.98. The molecule has 2 unspecified atom stereocenters. The lowest BCUT2D eigenvalue weighted by Crippen LogP contribution is -2.40. The van der Waals surface area contributed by atoms with Crippen molar-refractivity contribution in [2.24, 2.45) is 0 Å². The molecule has 1 saturated heterocycles. The average molecular weight is 381 g/mol. The van der Waals surface area contributed by atoms with Crippen molar-refractivity contribution >= 4 is 21.6 Å². The molecule has 1 fully saturated rings. The molecule has 1 N–H and O–H groups in total. The molecule has 1 aliphatic rings. The Kier molecular flexibility index (Phi) is 5.76. The highest BCUT2D eigenvalue weighted by atomic mass is 35.5. The first kappa shape index (κ1) is 18.4. The van der Waals surface area contributed by atoms with Gasteiger partial charge in [0.2, 0.25) is 10.0 Å². The molecule has 0 spiro atoms. The van der Waals surface area contributed by atoms with Gasteiger partial charge >= 0.3 is 0 Å². The van der Waals surface area contributed by atoms with Gasteiger partial charge in [-0.25, -0.2) is 13.1 Å². The Hall–Kier alpha value is -1.44. The van der Waals surface area contributed by atoms with Gasteiger partial charge in [0, 0.05) is 18.6 Å². The fourth-order valence-electron chi connectivity index (χ4n) is 3.06. The van der Waals surface area contributed by atoms with E-state index < -0.39 is 21.3 Å². The van der Waals surface area contributed by atoms with Crippen LogP contribution in [0.1, 0.15) is 17.2 Å². The van der Waals surface area contributed by atoms with Crippen molar-refractivity contribution in [1.82, 2.24) is 9.79 Å². The number of benzene rings is 2. The topological polar surface area (TPSA) is 58.6 Å². The van der Waals surface area contributed by atoms with Crippen molar-refractivity contribution in [3.63, 3.8) is 0 Å². The smallest absolute Gasteiger partial charge is 0.218 e. The number of nitrogens with one attached hydrogen (secondary N) is 1. The molecule has 5 nitrogen and oxygen atoms in total. The van der Waals surface area contributed by atoms with Crippen molar-refractivity contribution in [2.75, 3.05) is 20.2 Å². The molecule has 0 saturated carbocycles. The minimum absolute atomic E-state index is 0.104. The summed E-state index contributed by atoms with van der Waals surface area (Å²) in [5.74, 6) is 0. The van der Waals surface area contributed by atoms with E-state index in [1.165, 1.54) is 0 Å². The Labute approximate surface area is 153 Å². The molecule has 134 valence electrons. The van der Waals surface area contributed by atoms with Crippen LogP contribution in [0.15, 0.2) is 54.6 Å². The molecule has 1 heterocycles. The molecule has 0 bridgehead atoms. The van der Waals surface area contributed by atoms with Crippen LogP contribution in [0.4, 0.5) is 0 Å². The maximum Gasteiger partial charge on any atom is 0.218 e. The lowest BCUT2D eigenvalue weighted by molar-refractivity contribution is -0.110. The summed E-state index contributed by atoms with van der Waals surface area (Å²) >= 11 is 6.27. The van der Waals surface area contributed by atoms with Gasteiger partial charge in [-0.2, -0.15) is 5.06 Å². The normalized spacial score (nSPS) is 21.5. The van der Waals surface area contributed by atoms with Crippen LogP contribution in [-0.4, -0.2) is 38.9 Å². The van der Waals surface area contributed by atoms with E-state index in [9.17, 15) is 8.42 Å². The van der Waals surface area contributed by atoms with Gasteiger partial charge in [-0.05, 0) is 23.6 Å². The van der Waals surface area contributed by atoms with E-state index in [0.717, 1.165) is 11.1 Å². The standard InChI is InChI=1S/C18H21ClN2O3S/c1-21-18(15-9-5-6-10-16(15)19)17(13-24-21)25(22,23)20-12-11-14-7-3-2-4-8-14/h2-10,17-18,20H,11-13H2,1H3. The number of halogens is 1. The molecule has 2 atom stereocenters. The highest BCUT2D eigenvalue weighted by molar-refractivity contribution is 7.90. The number of hydroxylamine groups is 2. The summed E-state index contributed by atoms with van der Waals surface area (Å²) in [4.78, 5) is 5.49. The van der Waals surface area contributed by atoms with Crippen LogP contribution in [0, 0.1) is 0 Å². The third-order valence-electron chi connectivity index (χ3n) is 4.37. The minimum atomic E-state index is -3.55. The van der Waals surface area contributed by atoms with Gasteiger partial charge in [-0.1, -0.05) is 60.1 Å². The van der Waals surface area contributed by atoms with Crippen molar-refractivity contribution in [2.45, 2.75) is 17.7 Å². The Morgan fingerprint density at radius 2 is 1.84 bits per heavy atom. The highest BCUT2D eigenvalue weighted by Gasteiger charge is 2.43. The zero-order valence-corrected chi connectivity index (χ0v) is 15.5. The first-order valence-corrected chi connectivity index (χ1v) is 10.0. The second-order valence-corrected chi connectivity index (χ2v) is 8.41. The molecule has 0 amide bonds. The summed E-state index contributed by atoms with van der Waals surface area (Å²) < 4.78 is 28.3. The van der Waals surface area contributed by atoms with E-state index in [4.69, 9.17) is 16.4 Å².